The van der Waals surface area contributed by atoms with Gasteiger partial charge in [0.15, 0.2) is 6.29 Å². The van der Waals surface area contributed by atoms with Crippen LogP contribution < -0.4 is 0 Å². The minimum absolute atomic E-state index is 0.0170. The van der Waals surface area contributed by atoms with E-state index >= 15 is 0 Å². The molecule has 1 rings (SSSR count). The highest BCUT2D eigenvalue weighted by atomic mass is 16.7. The molecule has 0 aromatic rings. The van der Waals surface area contributed by atoms with Crippen molar-refractivity contribution in [3.8, 4) is 0 Å². The molecule has 1 aliphatic heterocycles. The van der Waals surface area contributed by atoms with Crippen LogP contribution in [0.1, 0.15) is 39.0 Å². The van der Waals surface area contributed by atoms with Gasteiger partial charge in [-0.15, -0.1) is 0 Å². The first-order valence-electron chi connectivity index (χ1n) is 5.07. The molecule has 3 nitrogen and oxygen atoms in total. The van der Waals surface area contributed by atoms with Crippen LogP contribution in [-0.2, 0) is 14.3 Å². The van der Waals surface area contributed by atoms with E-state index in [4.69, 9.17) is 9.47 Å². The predicted molar refractivity (Wildman–Crippen MR) is 49.4 cm³/mol. The molecule has 0 N–H and O–H groups in total. The van der Waals surface area contributed by atoms with Gasteiger partial charge in [-0.2, -0.15) is 0 Å². The molecule has 0 spiro atoms. The number of rotatable bonds is 6. The Hall–Kier alpha value is -0.410. The lowest BCUT2D eigenvalue weighted by Crippen LogP contribution is -2.12. The van der Waals surface area contributed by atoms with Crippen LogP contribution in [0.25, 0.3) is 0 Å². The van der Waals surface area contributed by atoms with Crippen LogP contribution in [0.2, 0.25) is 0 Å². The van der Waals surface area contributed by atoms with E-state index in [0.717, 1.165) is 25.5 Å². The van der Waals surface area contributed by atoms with Crippen LogP contribution in [0.5, 0.6) is 0 Å². The summed E-state index contributed by atoms with van der Waals surface area (Å²) >= 11 is 0. The third-order valence-electron chi connectivity index (χ3n) is 2.21. The minimum atomic E-state index is -0.0170. The van der Waals surface area contributed by atoms with Gasteiger partial charge in [0.2, 0.25) is 0 Å². The zero-order valence-electron chi connectivity index (χ0n) is 8.20. The van der Waals surface area contributed by atoms with E-state index in [0.29, 0.717) is 13.0 Å². The highest BCUT2D eigenvalue weighted by molar-refractivity contribution is 5.49. The second-order valence-corrected chi connectivity index (χ2v) is 3.41. The summed E-state index contributed by atoms with van der Waals surface area (Å²) in [4.78, 5) is 10.1. The Labute approximate surface area is 79.4 Å². The molecule has 3 heteroatoms. The van der Waals surface area contributed by atoms with Gasteiger partial charge in [-0.3, -0.25) is 0 Å². The molecule has 1 aliphatic rings. The quantitative estimate of drug-likeness (QED) is 0.594. The van der Waals surface area contributed by atoms with Crippen molar-refractivity contribution in [1.82, 2.24) is 0 Å². The van der Waals surface area contributed by atoms with Gasteiger partial charge in [0.1, 0.15) is 6.29 Å². The summed E-state index contributed by atoms with van der Waals surface area (Å²) in [6.07, 6.45) is 5.73. The summed E-state index contributed by atoms with van der Waals surface area (Å²) in [5, 5.41) is 0. The monoisotopic (exact) mass is 186 g/mol. The molecule has 1 fully saturated rings. The van der Waals surface area contributed by atoms with Gasteiger partial charge in [-0.25, -0.2) is 0 Å². The molecule has 1 heterocycles. The van der Waals surface area contributed by atoms with Crippen molar-refractivity contribution in [3.63, 3.8) is 0 Å². The fourth-order valence-electron chi connectivity index (χ4n) is 1.44. The van der Waals surface area contributed by atoms with E-state index < -0.39 is 0 Å². The van der Waals surface area contributed by atoms with Crippen molar-refractivity contribution in [2.75, 3.05) is 6.61 Å². The molecule has 0 aromatic carbocycles. The molecule has 1 saturated heterocycles. The number of hydrogen-bond acceptors (Lipinski definition) is 3. The number of hydrogen-bond donors (Lipinski definition) is 0. The Kier molecular flexibility index (Phi) is 5.01. The highest BCUT2D eigenvalue weighted by Gasteiger charge is 2.24. The molecule has 2 unspecified atom stereocenters. The summed E-state index contributed by atoms with van der Waals surface area (Å²) in [6, 6.07) is 0. The maximum absolute atomic E-state index is 10.1. The fourth-order valence-corrected chi connectivity index (χ4v) is 1.44. The van der Waals surface area contributed by atoms with Crippen LogP contribution in [0.4, 0.5) is 0 Å². The smallest absolute Gasteiger partial charge is 0.158 e. The predicted octanol–water partition coefficient (Wildman–Crippen LogP) is 1.90. The molecule has 0 aliphatic carbocycles. The van der Waals surface area contributed by atoms with Crippen LogP contribution >= 0.6 is 0 Å². The van der Waals surface area contributed by atoms with Crippen LogP contribution in [0, 0.1) is 0 Å². The average molecular weight is 186 g/mol. The number of carbonyl (C=O) groups excluding carboxylic acids is 1. The molecule has 0 saturated carbocycles. The van der Waals surface area contributed by atoms with Gasteiger partial charge in [0.25, 0.3) is 0 Å². The third kappa shape index (κ3) is 3.87. The van der Waals surface area contributed by atoms with Crippen LogP contribution in [-0.4, -0.2) is 25.3 Å². The molecule has 0 radical (unpaired) electrons. The number of carbonyl (C=O) groups is 1. The highest BCUT2D eigenvalue weighted by Crippen LogP contribution is 2.19. The van der Waals surface area contributed by atoms with Gasteiger partial charge in [-0.1, -0.05) is 13.3 Å². The molecule has 0 aromatic heterocycles. The van der Waals surface area contributed by atoms with Crippen molar-refractivity contribution < 1.29 is 14.3 Å². The first kappa shape index (κ1) is 10.7. The minimum Gasteiger partial charge on any atom is -0.350 e. The van der Waals surface area contributed by atoms with E-state index in [1.54, 1.807) is 0 Å². The topological polar surface area (TPSA) is 35.5 Å². The van der Waals surface area contributed by atoms with Gasteiger partial charge in [-0.05, 0) is 19.3 Å². The molecular weight excluding hydrogens is 168 g/mol. The molecule has 0 bridgehead atoms. The first-order chi connectivity index (χ1) is 6.36. The lowest BCUT2D eigenvalue weighted by molar-refractivity contribution is -0.108. The Bertz CT molecular complexity index is 147. The average Bonchev–Trinajstić information content (AvgIpc) is 2.59. The van der Waals surface area contributed by atoms with Crippen molar-refractivity contribution in [1.29, 1.82) is 0 Å². The van der Waals surface area contributed by atoms with E-state index in [9.17, 15) is 4.79 Å². The largest absolute Gasteiger partial charge is 0.350 e. The molecule has 2 atom stereocenters. The zero-order chi connectivity index (χ0) is 9.52. The van der Waals surface area contributed by atoms with Gasteiger partial charge in [0.05, 0.1) is 12.7 Å². The van der Waals surface area contributed by atoms with Gasteiger partial charge in [0, 0.05) is 6.42 Å². The lowest BCUT2D eigenvalue weighted by Gasteiger charge is -2.09. The summed E-state index contributed by atoms with van der Waals surface area (Å²) < 4.78 is 11.0. The summed E-state index contributed by atoms with van der Waals surface area (Å²) in [6.45, 7) is 2.81. The lowest BCUT2D eigenvalue weighted by atomic mass is 10.2. The van der Waals surface area contributed by atoms with Crippen molar-refractivity contribution >= 4 is 6.29 Å². The van der Waals surface area contributed by atoms with Crippen molar-refractivity contribution in [2.45, 2.75) is 51.4 Å². The van der Waals surface area contributed by atoms with E-state index in [1.807, 2.05) is 0 Å². The van der Waals surface area contributed by atoms with E-state index in [1.165, 1.54) is 6.42 Å². The second kappa shape index (κ2) is 6.11. The van der Waals surface area contributed by atoms with Gasteiger partial charge < -0.3 is 14.3 Å². The Morgan fingerprint density at radius 2 is 2.31 bits per heavy atom. The fraction of sp³-hybridized carbons (Fsp3) is 0.900. The summed E-state index contributed by atoms with van der Waals surface area (Å²) in [5.41, 5.74) is 0. The number of ether oxygens (including phenoxy) is 2. The number of unbranched alkanes of at least 4 members (excludes halogenated alkanes) is 1. The molecule has 76 valence electrons. The maximum Gasteiger partial charge on any atom is 0.158 e. The third-order valence-corrected chi connectivity index (χ3v) is 2.21. The standard InChI is InChI=1S/C10H18O3/c1-2-3-6-10-12-8-9(13-10)5-4-7-11/h7,9-10H,2-6,8H2,1H3. The molecule has 0 amide bonds. The van der Waals surface area contributed by atoms with E-state index in [2.05, 4.69) is 6.92 Å². The normalized spacial score (nSPS) is 27.8. The van der Waals surface area contributed by atoms with Crippen LogP contribution in [0.3, 0.4) is 0 Å². The summed E-state index contributed by atoms with van der Waals surface area (Å²) in [5.74, 6) is 0. The van der Waals surface area contributed by atoms with Gasteiger partial charge >= 0.3 is 0 Å². The molecular formula is C10H18O3. The SMILES string of the molecule is CCCCC1OCC(CCC=O)O1. The maximum atomic E-state index is 10.1. The van der Waals surface area contributed by atoms with Crippen LogP contribution in [0.15, 0.2) is 0 Å². The molecule has 13 heavy (non-hydrogen) atoms. The number of aldehydes is 1. The second-order valence-electron chi connectivity index (χ2n) is 3.41. The summed E-state index contributed by atoms with van der Waals surface area (Å²) in [7, 11) is 0. The van der Waals surface area contributed by atoms with Crippen molar-refractivity contribution in [2.24, 2.45) is 0 Å². The van der Waals surface area contributed by atoms with E-state index in [-0.39, 0.29) is 12.4 Å². The first-order valence-corrected chi connectivity index (χ1v) is 5.07. The Morgan fingerprint density at radius 3 is 3.00 bits per heavy atom. The zero-order valence-corrected chi connectivity index (χ0v) is 8.20. The van der Waals surface area contributed by atoms with Crippen molar-refractivity contribution in [3.05, 3.63) is 0 Å². The Balaban J connectivity index is 2.08. The Morgan fingerprint density at radius 1 is 1.46 bits per heavy atom.